The molecule has 5 heteroatoms. The second kappa shape index (κ2) is 3.93. The molecule has 0 saturated carbocycles. The van der Waals surface area contributed by atoms with Crippen molar-refractivity contribution in [2.24, 2.45) is 0 Å². The molecule has 0 aliphatic heterocycles. The number of nitrogens with zero attached hydrogens (tertiary/aromatic N) is 1. The van der Waals surface area contributed by atoms with E-state index in [9.17, 15) is 0 Å². The molecule has 14 heavy (non-hydrogen) atoms. The van der Waals surface area contributed by atoms with Gasteiger partial charge in [0.05, 0.1) is 26.4 Å². The molecule has 1 heterocycles. The molecule has 0 fully saturated rings. The van der Waals surface area contributed by atoms with Crippen LogP contribution in [0.3, 0.4) is 0 Å². The fourth-order valence-corrected chi connectivity index (χ4v) is 1.84. The van der Waals surface area contributed by atoms with Gasteiger partial charge in [-0.2, -0.15) is 5.10 Å². The fraction of sp³-hybridized carbons (Fsp3) is 0. The molecule has 1 aromatic heterocycles. The molecule has 0 spiro atoms. The van der Waals surface area contributed by atoms with Crippen LogP contribution in [0.15, 0.2) is 28.9 Å². The van der Waals surface area contributed by atoms with Crippen molar-refractivity contribution in [2.75, 3.05) is 0 Å². The highest BCUT2D eigenvalue weighted by Gasteiger charge is 2.06. The summed E-state index contributed by atoms with van der Waals surface area (Å²) in [4.78, 5) is 0. The van der Waals surface area contributed by atoms with Gasteiger partial charge in [-0.05, 0) is 28.1 Å². The highest BCUT2D eigenvalue weighted by atomic mass is 79.9. The average molecular weight is 292 g/mol. The smallest absolute Gasteiger partial charge is 0.0793 e. The van der Waals surface area contributed by atoms with Crippen LogP contribution in [0, 0.1) is 0 Å². The molecule has 0 amide bonds. The van der Waals surface area contributed by atoms with Gasteiger partial charge in [-0.15, -0.1) is 0 Å². The van der Waals surface area contributed by atoms with Gasteiger partial charge in [-0.1, -0.05) is 29.3 Å². The SMILES string of the molecule is Clc1ccc(-c2[nH]ncc2Br)cc1Cl. The van der Waals surface area contributed by atoms with Crippen molar-refractivity contribution < 1.29 is 0 Å². The second-order valence-corrected chi connectivity index (χ2v) is 4.39. The predicted molar refractivity (Wildman–Crippen MR) is 61.7 cm³/mol. The largest absolute Gasteiger partial charge is 0.277 e. The number of benzene rings is 1. The number of nitrogens with one attached hydrogen (secondary N) is 1. The summed E-state index contributed by atoms with van der Waals surface area (Å²) in [6.07, 6.45) is 1.69. The van der Waals surface area contributed by atoms with Crippen LogP contribution in [0.4, 0.5) is 0 Å². The Hall–Kier alpha value is -0.510. The van der Waals surface area contributed by atoms with Crippen molar-refractivity contribution in [2.45, 2.75) is 0 Å². The number of rotatable bonds is 1. The van der Waals surface area contributed by atoms with Crippen LogP contribution in [-0.4, -0.2) is 10.2 Å². The molecule has 1 aromatic carbocycles. The first-order valence-corrected chi connectivity index (χ1v) is 5.37. The number of aromatic nitrogens is 2. The van der Waals surface area contributed by atoms with Crippen LogP contribution in [0.2, 0.25) is 10.0 Å². The van der Waals surface area contributed by atoms with Gasteiger partial charge in [-0.3, -0.25) is 5.10 Å². The third-order valence-electron chi connectivity index (χ3n) is 1.80. The molecule has 0 bridgehead atoms. The Morgan fingerprint density at radius 3 is 2.57 bits per heavy atom. The lowest BCUT2D eigenvalue weighted by Gasteiger charge is -2.00. The molecule has 0 radical (unpaired) electrons. The first kappa shape index (κ1) is 10.0. The van der Waals surface area contributed by atoms with E-state index in [0.717, 1.165) is 15.7 Å². The van der Waals surface area contributed by atoms with Crippen molar-refractivity contribution >= 4 is 39.1 Å². The van der Waals surface area contributed by atoms with Crippen molar-refractivity contribution in [1.82, 2.24) is 10.2 Å². The van der Waals surface area contributed by atoms with Crippen LogP contribution in [0.25, 0.3) is 11.3 Å². The highest BCUT2D eigenvalue weighted by Crippen LogP contribution is 2.30. The quantitative estimate of drug-likeness (QED) is 0.840. The lowest BCUT2D eigenvalue weighted by Crippen LogP contribution is -1.79. The Bertz CT molecular complexity index is 468. The maximum absolute atomic E-state index is 5.90. The predicted octanol–water partition coefficient (Wildman–Crippen LogP) is 4.15. The molecular formula is C9H5BrCl2N2. The van der Waals surface area contributed by atoms with Crippen LogP contribution >= 0.6 is 39.1 Å². The van der Waals surface area contributed by atoms with Gasteiger partial charge in [0, 0.05) is 5.56 Å². The monoisotopic (exact) mass is 290 g/mol. The summed E-state index contributed by atoms with van der Waals surface area (Å²) >= 11 is 15.1. The van der Waals surface area contributed by atoms with E-state index in [0.29, 0.717) is 10.0 Å². The third-order valence-corrected chi connectivity index (χ3v) is 3.14. The van der Waals surface area contributed by atoms with Crippen LogP contribution in [-0.2, 0) is 0 Å². The van der Waals surface area contributed by atoms with E-state index in [1.54, 1.807) is 18.3 Å². The zero-order valence-electron chi connectivity index (χ0n) is 6.89. The first-order chi connectivity index (χ1) is 6.68. The number of aromatic amines is 1. The molecular weight excluding hydrogens is 287 g/mol. The summed E-state index contributed by atoms with van der Waals surface area (Å²) in [5, 5.41) is 7.85. The normalized spacial score (nSPS) is 10.5. The molecule has 0 aliphatic rings. The molecule has 1 N–H and O–H groups in total. The zero-order valence-corrected chi connectivity index (χ0v) is 9.99. The van der Waals surface area contributed by atoms with Gasteiger partial charge < -0.3 is 0 Å². The maximum Gasteiger partial charge on any atom is 0.0793 e. The maximum atomic E-state index is 5.90. The van der Waals surface area contributed by atoms with Crippen molar-refractivity contribution in [1.29, 1.82) is 0 Å². The Balaban J connectivity index is 2.53. The summed E-state index contributed by atoms with van der Waals surface area (Å²) in [6, 6.07) is 5.43. The zero-order chi connectivity index (χ0) is 10.1. The summed E-state index contributed by atoms with van der Waals surface area (Å²) in [6.45, 7) is 0. The minimum Gasteiger partial charge on any atom is -0.277 e. The Morgan fingerprint density at radius 1 is 1.21 bits per heavy atom. The molecule has 72 valence electrons. The molecule has 0 aliphatic carbocycles. The molecule has 2 nitrogen and oxygen atoms in total. The number of hydrogen-bond donors (Lipinski definition) is 1. The molecule has 0 atom stereocenters. The Labute approximate surface area is 99.4 Å². The van der Waals surface area contributed by atoms with Crippen molar-refractivity contribution in [3.63, 3.8) is 0 Å². The van der Waals surface area contributed by atoms with E-state index in [2.05, 4.69) is 26.1 Å². The lowest BCUT2D eigenvalue weighted by atomic mass is 10.2. The van der Waals surface area contributed by atoms with Gasteiger partial charge in [0.2, 0.25) is 0 Å². The number of hydrogen-bond acceptors (Lipinski definition) is 1. The van der Waals surface area contributed by atoms with E-state index in [1.807, 2.05) is 6.07 Å². The fourth-order valence-electron chi connectivity index (χ4n) is 1.13. The summed E-state index contributed by atoms with van der Waals surface area (Å²) in [5.41, 5.74) is 1.84. The van der Waals surface area contributed by atoms with Gasteiger partial charge >= 0.3 is 0 Å². The first-order valence-electron chi connectivity index (χ1n) is 3.83. The number of halogens is 3. The van der Waals surface area contributed by atoms with Crippen LogP contribution in [0.5, 0.6) is 0 Å². The summed E-state index contributed by atoms with van der Waals surface area (Å²) < 4.78 is 0.899. The van der Waals surface area contributed by atoms with Crippen molar-refractivity contribution in [3.05, 3.63) is 38.9 Å². The molecule has 0 unspecified atom stereocenters. The van der Waals surface area contributed by atoms with Gasteiger partial charge in [0.25, 0.3) is 0 Å². The Kier molecular flexibility index (Phi) is 2.81. The van der Waals surface area contributed by atoms with Crippen LogP contribution < -0.4 is 0 Å². The van der Waals surface area contributed by atoms with Crippen molar-refractivity contribution in [3.8, 4) is 11.3 Å². The van der Waals surface area contributed by atoms with Crippen LogP contribution in [0.1, 0.15) is 0 Å². The average Bonchev–Trinajstić information content (AvgIpc) is 2.57. The second-order valence-electron chi connectivity index (χ2n) is 2.72. The van der Waals surface area contributed by atoms with Gasteiger partial charge in [-0.25, -0.2) is 0 Å². The van der Waals surface area contributed by atoms with E-state index in [-0.39, 0.29) is 0 Å². The minimum atomic E-state index is 0.533. The molecule has 2 aromatic rings. The third kappa shape index (κ3) is 1.80. The topological polar surface area (TPSA) is 28.7 Å². The molecule has 2 rings (SSSR count). The van der Waals surface area contributed by atoms with Gasteiger partial charge in [0.1, 0.15) is 0 Å². The highest BCUT2D eigenvalue weighted by molar-refractivity contribution is 9.10. The van der Waals surface area contributed by atoms with E-state index < -0.39 is 0 Å². The summed E-state index contributed by atoms with van der Waals surface area (Å²) in [7, 11) is 0. The van der Waals surface area contributed by atoms with E-state index in [4.69, 9.17) is 23.2 Å². The van der Waals surface area contributed by atoms with Gasteiger partial charge in [0.15, 0.2) is 0 Å². The van der Waals surface area contributed by atoms with E-state index >= 15 is 0 Å². The summed E-state index contributed by atoms with van der Waals surface area (Å²) in [5.74, 6) is 0. The molecule has 0 saturated heterocycles. The number of H-pyrrole nitrogens is 1. The lowest BCUT2D eigenvalue weighted by molar-refractivity contribution is 1.10. The van der Waals surface area contributed by atoms with E-state index in [1.165, 1.54) is 0 Å². The standard InChI is InChI=1S/C9H5BrCl2N2/c10-6-4-13-14-9(6)5-1-2-7(11)8(12)3-5/h1-4H,(H,13,14). The Morgan fingerprint density at radius 2 is 2.00 bits per heavy atom. The minimum absolute atomic E-state index is 0.533.